The normalized spacial score (nSPS) is 12.1. The Hall–Kier alpha value is -2.99. The zero-order valence-corrected chi connectivity index (χ0v) is 15.5. The summed E-state index contributed by atoms with van der Waals surface area (Å²) in [6, 6.07) is 16.0. The summed E-state index contributed by atoms with van der Waals surface area (Å²) in [5.41, 5.74) is 2.71. The van der Waals surface area contributed by atoms with Gasteiger partial charge in [-0.15, -0.1) is 0 Å². The lowest BCUT2D eigenvalue weighted by atomic mass is 10.1. The second-order valence-electron chi connectivity index (χ2n) is 6.63. The summed E-state index contributed by atoms with van der Waals surface area (Å²) >= 11 is 0. The predicted octanol–water partition coefficient (Wildman–Crippen LogP) is 2.97. The first-order chi connectivity index (χ1) is 13.0. The standard InChI is InChI=1S/C21H23FN4O/c1-25(2)20(17-5-3-6-18(22)14-17)15-23-21(27)13-16-7-9-19(10-8-16)26-12-4-11-24-26/h3-12,14,20H,13,15H2,1-2H3,(H,23,27)/t20-/m0/s1. The molecule has 0 unspecified atom stereocenters. The Morgan fingerprint density at radius 1 is 1.19 bits per heavy atom. The Labute approximate surface area is 158 Å². The van der Waals surface area contributed by atoms with Crippen LogP contribution in [-0.2, 0) is 11.2 Å². The highest BCUT2D eigenvalue weighted by Crippen LogP contribution is 2.18. The van der Waals surface area contributed by atoms with Gasteiger partial charge in [0.1, 0.15) is 5.82 Å². The largest absolute Gasteiger partial charge is 0.354 e. The highest BCUT2D eigenvalue weighted by molar-refractivity contribution is 5.78. The van der Waals surface area contributed by atoms with E-state index in [0.717, 1.165) is 16.8 Å². The van der Waals surface area contributed by atoms with Crippen LogP contribution in [0.15, 0.2) is 67.0 Å². The molecule has 1 amide bonds. The van der Waals surface area contributed by atoms with E-state index in [-0.39, 0.29) is 17.8 Å². The molecule has 0 aliphatic carbocycles. The first kappa shape index (κ1) is 18.8. The minimum atomic E-state index is -0.275. The van der Waals surface area contributed by atoms with Crippen LogP contribution in [0.25, 0.3) is 5.69 Å². The first-order valence-electron chi connectivity index (χ1n) is 8.80. The van der Waals surface area contributed by atoms with Crippen molar-refractivity contribution in [1.29, 1.82) is 0 Å². The van der Waals surface area contributed by atoms with Crippen molar-refractivity contribution in [2.24, 2.45) is 0 Å². The van der Waals surface area contributed by atoms with Gasteiger partial charge in [0.25, 0.3) is 0 Å². The Morgan fingerprint density at radius 3 is 2.59 bits per heavy atom. The number of halogens is 1. The highest BCUT2D eigenvalue weighted by Gasteiger charge is 2.16. The van der Waals surface area contributed by atoms with E-state index in [2.05, 4.69) is 10.4 Å². The van der Waals surface area contributed by atoms with Crippen molar-refractivity contribution in [3.05, 3.63) is 83.9 Å². The Bertz CT molecular complexity index is 875. The van der Waals surface area contributed by atoms with Crippen molar-refractivity contribution in [2.45, 2.75) is 12.5 Å². The maximum Gasteiger partial charge on any atom is 0.224 e. The smallest absolute Gasteiger partial charge is 0.224 e. The van der Waals surface area contributed by atoms with E-state index in [1.807, 2.05) is 61.6 Å². The molecule has 6 heteroatoms. The van der Waals surface area contributed by atoms with Crippen LogP contribution in [0.3, 0.4) is 0 Å². The van der Waals surface area contributed by atoms with Gasteiger partial charge in [0.05, 0.1) is 18.2 Å². The number of amides is 1. The van der Waals surface area contributed by atoms with Crippen LogP contribution in [0.4, 0.5) is 4.39 Å². The van der Waals surface area contributed by atoms with Crippen molar-refractivity contribution in [3.63, 3.8) is 0 Å². The van der Waals surface area contributed by atoms with Gasteiger partial charge in [-0.1, -0.05) is 24.3 Å². The van der Waals surface area contributed by atoms with Crippen LogP contribution in [0.1, 0.15) is 17.2 Å². The van der Waals surface area contributed by atoms with Crippen molar-refractivity contribution in [2.75, 3.05) is 20.6 Å². The molecule has 1 heterocycles. The Morgan fingerprint density at radius 2 is 1.96 bits per heavy atom. The second-order valence-corrected chi connectivity index (χ2v) is 6.63. The van der Waals surface area contributed by atoms with Gasteiger partial charge in [-0.3, -0.25) is 4.79 Å². The average Bonchev–Trinajstić information content (AvgIpc) is 3.17. The summed E-state index contributed by atoms with van der Waals surface area (Å²) in [5.74, 6) is -0.340. The third-order valence-corrected chi connectivity index (χ3v) is 4.42. The molecule has 0 radical (unpaired) electrons. The maximum atomic E-state index is 13.5. The number of likely N-dealkylation sites (N-methyl/N-ethyl adjacent to an activating group) is 1. The quantitative estimate of drug-likeness (QED) is 0.699. The minimum absolute atomic E-state index is 0.0647. The molecular formula is C21H23FN4O. The number of hydrogen-bond acceptors (Lipinski definition) is 3. The van der Waals surface area contributed by atoms with Crippen LogP contribution >= 0.6 is 0 Å². The molecule has 0 bridgehead atoms. The van der Waals surface area contributed by atoms with Crippen LogP contribution in [0.5, 0.6) is 0 Å². The van der Waals surface area contributed by atoms with E-state index in [1.165, 1.54) is 12.1 Å². The number of nitrogens with zero attached hydrogens (tertiary/aromatic N) is 3. The summed E-state index contributed by atoms with van der Waals surface area (Å²) in [6.07, 6.45) is 3.89. The molecule has 3 rings (SSSR count). The number of carbonyl (C=O) groups is 1. The van der Waals surface area contributed by atoms with E-state index in [9.17, 15) is 9.18 Å². The highest BCUT2D eigenvalue weighted by atomic mass is 19.1. The van der Waals surface area contributed by atoms with Gasteiger partial charge in [0, 0.05) is 18.9 Å². The number of aromatic nitrogens is 2. The fraction of sp³-hybridized carbons (Fsp3) is 0.238. The van der Waals surface area contributed by atoms with Gasteiger partial charge in [-0.05, 0) is 55.6 Å². The zero-order valence-electron chi connectivity index (χ0n) is 15.5. The maximum absolute atomic E-state index is 13.5. The van der Waals surface area contributed by atoms with Gasteiger partial charge in [0.2, 0.25) is 5.91 Å². The number of carbonyl (C=O) groups excluding carboxylic acids is 1. The molecule has 5 nitrogen and oxygen atoms in total. The van der Waals surface area contributed by atoms with Gasteiger partial charge >= 0.3 is 0 Å². The van der Waals surface area contributed by atoms with E-state index in [0.29, 0.717) is 13.0 Å². The molecule has 0 fully saturated rings. The molecule has 1 N–H and O–H groups in total. The number of nitrogens with one attached hydrogen (secondary N) is 1. The van der Waals surface area contributed by atoms with Gasteiger partial charge in [-0.2, -0.15) is 5.10 Å². The molecule has 0 spiro atoms. The monoisotopic (exact) mass is 366 g/mol. The molecule has 0 aliphatic rings. The van der Waals surface area contributed by atoms with E-state index in [1.54, 1.807) is 16.9 Å². The molecule has 1 atom stereocenters. The molecule has 27 heavy (non-hydrogen) atoms. The molecule has 2 aromatic carbocycles. The van der Waals surface area contributed by atoms with Crippen molar-refractivity contribution in [1.82, 2.24) is 20.0 Å². The zero-order chi connectivity index (χ0) is 19.2. The fourth-order valence-electron chi connectivity index (χ4n) is 2.96. The molecule has 0 saturated heterocycles. The SMILES string of the molecule is CN(C)[C@@H](CNC(=O)Cc1ccc(-n2cccn2)cc1)c1cccc(F)c1. The fourth-order valence-corrected chi connectivity index (χ4v) is 2.96. The first-order valence-corrected chi connectivity index (χ1v) is 8.80. The van der Waals surface area contributed by atoms with Crippen LogP contribution in [0, 0.1) is 5.82 Å². The molecular weight excluding hydrogens is 343 g/mol. The van der Waals surface area contributed by atoms with E-state index >= 15 is 0 Å². The third-order valence-electron chi connectivity index (χ3n) is 4.42. The third kappa shape index (κ3) is 5.01. The topological polar surface area (TPSA) is 50.2 Å². The lowest BCUT2D eigenvalue weighted by Gasteiger charge is -2.25. The molecule has 140 valence electrons. The van der Waals surface area contributed by atoms with Crippen molar-refractivity contribution in [3.8, 4) is 5.69 Å². The number of rotatable bonds is 7. The van der Waals surface area contributed by atoms with E-state index in [4.69, 9.17) is 0 Å². The summed E-state index contributed by atoms with van der Waals surface area (Å²) in [5, 5.41) is 7.14. The predicted molar refractivity (Wildman–Crippen MR) is 103 cm³/mol. The number of hydrogen-bond donors (Lipinski definition) is 1. The molecule has 0 saturated carbocycles. The van der Waals surface area contributed by atoms with E-state index < -0.39 is 0 Å². The van der Waals surface area contributed by atoms with Gasteiger partial charge in [-0.25, -0.2) is 9.07 Å². The summed E-state index contributed by atoms with van der Waals surface area (Å²) in [4.78, 5) is 14.3. The lowest BCUT2D eigenvalue weighted by Crippen LogP contribution is -2.35. The van der Waals surface area contributed by atoms with Crippen LogP contribution in [0.2, 0.25) is 0 Å². The molecule has 3 aromatic rings. The van der Waals surface area contributed by atoms with Crippen LogP contribution < -0.4 is 5.32 Å². The minimum Gasteiger partial charge on any atom is -0.354 e. The number of benzene rings is 2. The summed E-state index contributed by atoms with van der Waals surface area (Å²) in [7, 11) is 3.82. The molecule has 1 aromatic heterocycles. The van der Waals surface area contributed by atoms with Crippen molar-refractivity contribution >= 4 is 5.91 Å². The van der Waals surface area contributed by atoms with Crippen LogP contribution in [-0.4, -0.2) is 41.2 Å². The summed E-state index contributed by atoms with van der Waals surface area (Å²) in [6.45, 7) is 0.417. The van der Waals surface area contributed by atoms with Crippen molar-refractivity contribution < 1.29 is 9.18 Å². The Kier molecular flexibility index (Phi) is 5.98. The Balaban J connectivity index is 1.58. The molecule has 0 aliphatic heterocycles. The second kappa shape index (κ2) is 8.60. The van der Waals surface area contributed by atoms with Gasteiger partial charge in [0.15, 0.2) is 0 Å². The van der Waals surface area contributed by atoms with Gasteiger partial charge < -0.3 is 10.2 Å². The summed E-state index contributed by atoms with van der Waals surface area (Å²) < 4.78 is 15.3. The average molecular weight is 366 g/mol. The lowest BCUT2D eigenvalue weighted by molar-refractivity contribution is -0.120.